The van der Waals surface area contributed by atoms with Crippen molar-refractivity contribution in [1.29, 1.82) is 0 Å². The molecule has 158 valence electrons. The maximum Gasteiger partial charge on any atom is 0.416 e. The summed E-state index contributed by atoms with van der Waals surface area (Å²) in [6, 6.07) is 5.00. The van der Waals surface area contributed by atoms with Crippen LogP contribution in [0.4, 0.5) is 18.0 Å². The van der Waals surface area contributed by atoms with Crippen LogP contribution in [0.15, 0.2) is 24.3 Å². The Morgan fingerprint density at radius 2 is 1.79 bits per heavy atom. The van der Waals surface area contributed by atoms with Gasteiger partial charge in [0, 0.05) is 32.8 Å². The molecule has 1 heterocycles. The van der Waals surface area contributed by atoms with Crippen LogP contribution < -0.4 is 0 Å². The highest BCUT2D eigenvalue weighted by atomic mass is 19.4. The molecule has 1 amide bonds. The lowest BCUT2D eigenvalue weighted by molar-refractivity contribution is -0.137. The highest BCUT2D eigenvalue weighted by Gasteiger charge is 2.35. The first-order chi connectivity index (χ1) is 12.9. The van der Waals surface area contributed by atoms with Gasteiger partial charge in [0.1, 0.15) is 5.60 Å². The molecule has 1 unspecified atom stereocenters. The van der Waals surface area contributed by atoms with E-state index in [4.69, 9.17) is 9.47 Å². The van der Waals surface area contributed by atoms with Gasteiger partial charge in [-0.05, 0) is 45.4 Å². The van der Waals surface area contributed by atoms with Crippen molar-refractivity contribution in [2.24, 2.45) is 0 Å². The van der Waals surface area contributed by atoms with Gasteiger partial charge < -0.3 is 14.4 Å². The number of amides is 1. The van der Waals surface area contributed by atoms with E-state index in [0.29, 0.717) is 26.2 Å². The number of carbonyl (C=O) groups excluding carboxylic acids is 1. The van der Waals surface area contributed by atoms with E-state index < -0.39 is 17.3 Å². The number of piperazine rings is 1. The lowest BCUT2D eigenvalue weighted by Gasteiger charge is -2.44. The van der Waals surface area contributed by atoms with Crippen molar-refractivity contribution in [3.8, 4) is 0 Å². The van der Waals surface area contributed by atoms with Gasteiger partial charge in [0.05, 0.1) is 18.2 Å². The minimum atomic E-state index is -4.36. The number of ether oxygens (including phenoxy) is 2. The predicted molar refractivity (Wildman–Crippen MR) is 100 cm³/mol. The lowest BCUT2D eigenvalue weighted by atomic mass is 10.0. The van der Waals surface area contributed by atoms with Crippen LogP contribution >= 0.6 is 0 Å². The summed E-state index contributed by atoms with van der Waals surface area (Å²) in [6.45, 7) is 9.36. The Kier molecular flexibility index (Phi) is 6.98. The number of hydrogen-bond acceptors (Lipinski definition) is 4. The molecule has 1 aliphatic heterocycles. The van der Waals surface area contributed by atoms with E-state index in [1.807, 2.05) is 27.7 Å². The van der Waals surface area contributed by atoms with Crippen molar-refractivity contribution >= 4 is 6.09 Å². The topological polar surface area (TPSA) is 42.0 Å². The van der Waals surface area contributed by atoms with E-state index in [9.17, 15) is 18.0 Å². The molecule has 1 fully saturated rings. The maximum absolute atomic E-state index is 12.8. The summed E-state index contributed by atoms with van der Waals surface area (Å²) in [5, 5.41) is 0. The predicted octanol–water partition coefficient (Wildman–Crippen LogP) is 4.33. The molecular weight excluding hydrogens is 373 g/mol. The van der Waals surface area contributed by atoms with Gasteiger partial charge in [-0.25, -0.2) is 4.79 Å². The number of nitrogens with zero attached hydrogens (tertiary/aromatic N) is 2. The van der Waals surface area contributed by atoms with Gasteiger partial charge in [0.15, 0.2) is 0 Å². The molecule has 0 N–H and O–H groups in total. The highest BCUT2D eigenvalue weighted by molar-refractivity contribution is 5.68. The maximum atomic E-state index is 12.8. The first kappa shape index (κ1) is 22.5. The summed E-state index contributed by atoms with van der Waals surface area (Å²) in [5.41, 5.74) is -0.473. The molecular formula is C20H29F3N2O3. The summed E-state index contributed by atoms with van der Waals surface area (Å²) in [6.07, 6.45) is -4.71. The second-order valence-corrected chi connectivity index (χ2v) is 8.10. The molecule has 28 heavy (non-hydrogen) atoms. The summed E-state index contributed by atoms with van der Waals surface area (Å²) in [4.78, 5) is 16.1. The third-order valence-corrected chi connectivity index (χ3v) is 4.68. The van der Waals surface area contributed by atoms with Crippen LogP contribution in [-0.4, -0.2) is 60.9 Å². The SMILES string of the molecule is COC[C@@H](c1ccc(C(F)(F)F)cc1)N1CCN(C(=O)OC(C)(C)C)CC1C. The van der Waals surface area contributed by atoms with E-state index in [2.05, 4.69) is 4.90 Å². The Labute approximate surface area is 164 Å². The fourth-order valence-corrected chi connectivity index (χ4v) is 3.36. The average Bonchev–Trinajstić information content (AvgIpc) is 2.58. The number of hydrogen-bond donors (Lipinski definition) is 0. The van der Waals surface area contributed by atoms with Crippen molar-refractivity contribution in [3.05, 3.63) is 35.4 Å². The normalized spacial score (nSPS) is 20.1. The van der Waals surface area contributed by atoms with Gasteiger partial charge in [-0.15, -0.1) is 0 Å². The minimum Gasteiger partial charge on any atom is -0.444 e. The van der Waals surface area contributed by atoms with Gasteiger partial charge in [0.25, 0.3) is 0 Å². The molecule has 0 bridgehead atoms. The number of halogens is 3. The van der Waals surface area contributed by atoms with Gasteiger partial charge in [-0.1, -0.05) is 12.1 Å². The number of rotatable bonds is 4. The van der Waals surface area contributed by atoms with E-state index in [1.165, 1.54) is 12.1 Å². The van der Waals surface area contributed by atoms with Crippen molar-refractivity contribution in [1.82, 2.24) is 9.80 Å². The van der Waals surface area contributed by atoms with Crippen LogP contribution in [0.1, 0.15) is 44.9 Å². The molecule has 1 aromatic rings. The van der Waals surface area contributed by atoms with Crippen LogP contribution in [0.25, 0.3) is 0 Å². The van der Waals surface area contributed by atoms with Crippen LogP contribution in [0.3, 0.4) is 0 Å². The summed E-state index contributed by atoms with van der Waals surface area (Å²) in [7, 11) is 1.57. The van der Waals surface area contributed by atoms with Gasteiger partial charge in [-0.3, -0.25) is 4.90 Å². The third-order valence-electron chi connectivity index (χ3n) is 4.68. The number of benzene rings is 1. The largest absolute Gasteiger partial charge is 0.444 e. The molecule has 0 radical (unpaired) electrons. The van der Waals surface area contributed by atoms with Crippen molar-refractivity contribution in [2.45, 2.75) is 51.6 Å². The molecule has 0 aromatic heterocycles. The molecule has 0 aliphatic carbocycles. The number of alkyl halides is 3. The average molecular weight is 402 g/mol. The molecule has 1 saturated heterocycles. The Morgan fingerprint density at radius 3 is 2.25 bits per heavy atom. The fraction of sp³-hybridized carbons (Fsp3) is 0.650. The Balaban J connectivity index is 2.12. The van der Waals surface area contributed by atoms with E-state index in [-0.39, 0.29) is 18.2 Å². The fourth-order valence-electron chi connectivity index (χ4n) is 3.36. The van der Waals surface area contributed by atoms with Crippen LogP contribution in [-0.2, 0) is 15.7 Å². The van der Waals surface area contributed by atoms with Gasteiger partial charge in [0.2, 0.25) is 0 Å². The minimum absolute atomic E-state index is 0.00344. The number of methoxy groups -OCH3 is 1. The molecule has 0 spiro atoms. The second-order valence-electron chi connectivity index (χ2n) is 8.10. The quantitative estimate of drug-likeness (QED) is 0.752. The smallest absolute Gasteiger partial charge is 0.416 e. The first-order valence-corrected chi connectivity index (χ1v) is 9.32. The van der Waals surface area contributed by atoms with E-state index in [1.54, 1.807) is 12.0 Å². The van der Waals surface area contributed by atoms with Crippen molar-refractivity contribution < 1.29 is 27.4 Å². The molecule has 1 aromatic carbocycles. The monoisotopic (exact) mass is 402 g/mol. The molecule has 8 heteroatoms. The third kappa shape index (κ3) is 5.85. The Morgan fingerprint density at radius 1 is 1.18 bits per heavy atom. The zero-order valence-electron chi connectivity index (χ0n) is 17.0. The van der Waals surface area contributed by atoms with Gasteiger partial charge >= 0.3 is 12.3 Å². The molecule has 1 aliphatic rings. The summed E-state index contributed by atoms with van der Waals surface area (Å²) < 4.78 is 49.3. The molecule has 2 atom stereocenters. The van der Waals surface area contributed by atoms with Gasteiger partial charge in [-0.2, -0.15) is 13.2 Å². The summed E-state index contributed by atoms with van der Waals surface area (Å²) >= 11 is 0. The van der Waals surface area contributed by atoms with Crippen LogP contribution in [0, 0.1) is 0 Å². The van der Waals surface area contributed by atoms with Crippen LogP contribution in [0.5, 0.6) is 0 Å². The number of carbonyl (C=O) groups is 1. The molecule has 2 rings (SSSR count). The first-order valence-electron chi connectivity index (χ1n) is 9.32. The molecule has 0 saturated carbocycles. The Bertz CT molecular complexity index is 656. The van der Waals surface area contributed by atoms with Crippen molar-refractivity contribution in [2.75, 3.05) is 33.4 Å². The highest BCUT2D eigenvalue weighted by Crippen LogP contribution is 2.32. The second kappa shape index (κ2) is 8.69. The lowest BCUT2D eigenvalue weighted by Crippen LogP contribution is -2.55. The zero-order valence-corrected chi connectivity index (χ0v) is 17.0. The zero-order chi connectivity index (χ0) is 21.1. The Hall–Kier alpha value is -1.80. The summed E-state index contributed by atoms with van der Waals surface area (Å²) in [5.74, 6) is 0. The standard InChI is InChI=1S/C20H29F3N2O3/c1-14-12-24(18(26)28-19(2,3)4)10-11-25(14)17(13-27-5)15-6-8-16(9-7-15)20(21,22)23/h6-9,14,17H,10-13H2,1-5H3/t14?,17-/m0/s1. The van der Waals surface area contributed by atoms with E-state index in [0.717, 1.165) is 17.7 Å². The van der Waals surface area contributed by atoms with Crippen molar-refractivity contribution in [3.63, 3.8) is 0 Å². The van der Waals surface area contributed by atoms with E-state index >= 15 is 0 Å². The molecule has 5 nitrogen and oxygen atoms in total. The van der Waals surface area contributed by atoms with Crippen LogP contribution in [0.2, 0.25) is 0 Å².